The number of nitrogens with zero attached hydrogens (tertiary/aromatic N) is 3. The average molecular weight is 366 g/mol. The number of rotatable bonds is 8. The van der Waals surface area contributed by atoms with Crippen molar-refractivity contribution in [3.63, 3.8) is 0 Å². The minimum Gasteiger partial charge on any atom is -0.460 e. The molecule has 1 aromatic heterocycles. The summed E-state index contributed by atoms with van der Waals surface area (Å²) in [5.74, 6) is 0.388. The van der Waals surface area contributed by atoms with Gasteiger partial charge in [0.05, 0.1) is 12.0 Å². The lowest BCUT2D eigenvalue weighted by Crippen LogP contribution is -2.32. The van der Waals surface area contributed by atoms with E-state index in [4.69, 9.17) is 21.1 Å². The van der Waals surface area contributed by atoms with Crippen molar-refractivity contribution >= 4 is 17.5 Å². The fourth-order valence-electron chi connectivity index (χ4n) is 2.07. The molecular weight excluding hydrogens is 342 g/mol. The molecule has 2 aromatic rings. The molecule has 0 saturated carbocycles. The van der Waals surface area contributed by atoms with Gasteiger partial charge in [0.2, 0.25) is 0 Å². The lowest BCUT2D eigenvalue weighted by Gasteiger charge is -2.19. The topological polar surface area (TPSA) is 66.2 Å². The minimum absolute atomic E-state index is 0.147. The van der Waals surface area contributed by atoms with Gasteiger partial charge in [0, 0.05) is 18.1 Å². The molecule has 6 nitrogen and oxygen atoms in total. The summed E-state index contributed by atoms with van der Waals surface area (Å²) in [7, 11) is 0. The quantitative estimate of drug-likeness (QED) is 0.528. The summed E-state index contributed by atoms with van der Waals surface area (Å²) < 4.78 is 12.0. The Balaban J connectivity index is 2.35. The van der Waals surface area contributed by atoms with Gasteiger partial charge >= 0.3 is 6.01 Å². The van der Waals surface area contributed by atoms with E-state index in [2.05, 4.69) is 10.1 Å². The van der Waals surface area contributed by atoms with Crippen LogP contribution >= 0.6 is 11.6 Å². The zero-order chi connectivity index (χ0) is 18.4. The summed E-state index contributed by atoms with van der Waals surface area (Å²) in [6, 6.07) is 7.87. The number of alkyl halides is 1. The van der Waals surface area contributed by atoms with Crippen molar-refractivity contribution in [2.45, 2.75) is 27.7 Å². The molecule has 0 bridgehead atoms. The van der Waals surface area contributed by atoms with Crippen molar-refractivity contribution in [1.82, 2.24) is 14.8 Å². The largest absolute Gasteiger partial charge is 0.460 e. The lowest BCUT2D eigenvalue weighted by atomic mass is 9.95. The van der Waals surface area contributed by atoms with Crippen molar-refractivity contribution in [3.05, 3.63) is 29.8 Å². The second-order valence-corrected chi connectivity index (χ2v) is 6.63. The molecule has 7 heteroatoms. The summed E-state index contributed by atoms with van der Waals surface area (Å²) >= 11 is 5.95. The summed E-state index contributed by atoms with van der Waals surface area (Å²) in [5.41, 5.74) is 1.14. The highest BCUT2D eigenvalue weighted by Crippen LogP contribution is 2.26. The van der Waals surface area contributed by atoms with Gasteiger partial charge in [-0.25, -0.2) is 0 Å². The first kappa shape index (κ1) is 19.4. The van der Waals surface area contributed by atoms with Gasteiger partial charge in [-0.3, -0.25) is 4.79 Å². The Morgan fingerprint density at radius 1 is 1.24 bits per heavy atom. The van der Waals surface area contributed by atoms with E-state index in [1.807, 2.05) is 38.1 Å². The van der Waals surface area contributed by atoms with Crippen molar-refractivity contribution in [2.24, 2.45) is 5.41 Å². The summed E-state index contributed by atoms with van der Waals surface area (Å²) in [6.07, 6.45) is 0. The Bertz CT molecular complexity index is 711. The van der Waals surface area contributed by atoms with Crippen LogP contribution in [0.5, 0.6) is 6.01 Å². The van der Waals surface area contributed by atoms with Crippen LogP contribution in [0.1, 0.15) is 31.1 Å². The van der Waals surface area contributed by atoms with Crippen LogP contribution in [0.3, 0.4) is 0 Å². The maximum atomic E-state index is 12.8. The van der Waals surface area contributed by atoms with Crippen LogP contribution in [-0.4, -0.2) is 46.4 Å². The highest BCUT2D eigenvalue weighted by molar-refractivity contribution is 6.20. The van der Waals surface area contributed by atoms with Gasteiger partial charge in [-0.2, -0.15) is 9.67 Å². The molecule has 0 amide bonds. The number of benzene rings is 1. The summed E-state index contributed by atoms with van der Waals surface area (Å²) in [6.45, 7) is 8.83. The van der Waals surface area contributed by atoms with Crippen LogP contribution in [0.25, 0.3) is 11.4 Å². The van der Waals surface area contributed by atoms with Crippen LogP contribution in [-0.2, 0) is 4.74 Å². The molecule has 0 fully saturated rings. The second kappa shape index (κ2) is 8.45. The van der Waals surface area contributed by atoms with E-state index in [1.54, 1.807) is 13.8 Å². The van der Waals surface area contributed by atoms with Crippen molar-refractivity contribution < 1.29 is 14.3 Å². The molecule has 25 heavy (non-hydrogen) atoms. The van der Waals surface area contributed by atoms with E-state index in [-0.39, 0.29) is 17.8 Å². The molecule has 0 N–H and O–H groups in total. The average Bonchev–Trinajstić information content (AvgIpc) is 3.02. The third-order valence-corrected chi connectivity index (χ3v) is 4.33. The monoisotopic (exact) mass is 365 g/mol. The molecule has 1 aromatic carbocycles. The number of aryl methyl sites for hydroxylation is 1. The molecule has 1 heterocycles. The van der Waals surface area contributed by atoms with Crippen LogP contribution in [0.4, 0.5) is 0 Å². The molecule has 0 atom stereocenters. The predicted molar refractivity (Wildman–Crippen MR) is 97.3 cm³/mol. The van der Waals surface area contributed by atoms with Gasteiger partial charge in [-0.15, -0.1) is 16.7 Å². The fourth-order valence-corrected chi connectivity index (χ4v) is 2.18. The fraction of sp³-hybridized carbons (Fsp3) is 0.500. The molecule has 0 aliphatic carbocycles. The van der Waals surface area contributed by atoms with Crippen LogP contribution in [0, 0.1) is 12.3 Å². The van der Waals surface area contributed by atoms with Crippen molar-refractivity contribution in [3.8, 4) is 17.4 Å². The van der Waals surface area contributed by atoms with Gasteiger partial charge in [0.1, 0.15) is 6.61 Å². The van der Waals surface area contributed by atoms with E-state index in [0.717, 1.165) is 11.1 Å². The van der Waals surface area contributed by atoms with Crippen molar-refractivity contribution in [1.29, 1.82) is 0 Å². The first-order valence-corrected chi connectivity index (χ1v) is 8.78. The van der Waals surface area contributed by atoms with E-state index < -0.39 is 5.41 Å². The Hall–Kier alpha value is -1.92. The SMILES string of the molecule is CCOCCOc1nc(-c2ccc(C)cc2)n(C(=O)C(C)(C)CCl)n1. The van der Waals surface area contributed by atoms with E-state index >= 15 is 0 Å². The number of hydrogen-bond acceptors (Lipinski definition) is 5. The molecule has 0 saturated heterocycles. The number of carbonyl (C=O) groups is 1. The standard InChI is InChI=1S/C18H24ClN3O3/c1-5-24-10-11-25-17-20-15(14-8-6-13(2)7-9-14)22(21-17)16(23)18(3,4)12-19/h6-9H,5,10-12H2,1-4H3. The molecule has 0 spiro atoms. The maximum absolute atomic E-state index is 12.8. The van der Waals surface area contributed by atoms with Gasteiger partial charge in [0.15, 0.2) is 5.82 Å². The van der Waals surface area contributed by atoms with E-state index in [9.17, 15) is 4.79 Å². The number of halogens is 1. The minimum atomic E-state index is -0.767. The van der Waals surface area contributed by atoms with Crippen LogP contribution in [0.2, 0.25) is 0 Å². The highest BCUT2D eigenvalue weighted by atomic mass is 35.5. The predicted octanol–water partition coefficient (Wildman–Crippen LogP) is 3.57. The van der Waals surface area contributed by atoms with Crippen LogP contribution < -0.4 is 4.74 Å². The Morgan fingerprint density at radius 3 is 2.52 bits per heavy atom. The first-order valence-electron chi connectivity index (χ1n) is 8.24. The maximum Gasteiger partial charge on any atom is 0.336 e. The number of hydrogen-bond donors (Lipinski definition) is 0. The normalized spacial score (nSPS) is 11.6. The van der Waals surface area contributed by atoms with E-state index in [0.29, 0.717) is 25.6 Å². The molecule has 0 aliphatic heterocycles. The van der Waals surface area contributed by atoms with E-state index in [1.165, 1.54) is 4.68 Å². The van der Waals surface area contributed by atoms with Gasteiger partial charge in [0.25, 0.3) is 5.91 Å². The summed E-state index contributed by atoms with van der Waals surface area (Å²) in [4.78, 5) is 17.2. The Kier molecular flexibility index (Phi) is 6.56. The molecule has 0 radical (unpaired) electrons. The molecule has 0 unspecified atom stereocenters. The number of ether oxygens (including phenoxy) is 2. The molecular formula is C18H24ClN3O3. The van der Waals surface area contributed by atoms with Gasteiger partial charge in [-0.05, 0) is 27.7 Å². The zero-order valence-corrected chi connectivity index (χ0v) is 15.8. The van der Waals surface area contributed by atoms with Gasteiger partial charge < -0.3 is 9.47 Å². The number of aromatic nitrogens is 3. The lowest BCUT2D eigenvalue weighted by molar-refractivity contribution is 0.0750. The van der Waals surface area contributed by atoms with Gasteiger partial charge in [-0.1, -0.05) is 29.8 Å². The van der Waals surface area contributed by atoms with Crippen molar-refractivity contribution in [2.75, 3.05) is 25.7 Å². The first-order chi connectivity index (χ1) is 11.9. The van der Waals surface area contributed by atoms with Crippen LogP contribution in [0.15, 0.2) is 24.3 Å². The molecule has 136 valence electrons. The third-order valence-electron chi connectivity index (χ3n) is 3.67. The summed E-state index contributed by atoms with van der Waals surface area (Å²) in [5, 5.41) is 4.24. The molecule has 2 rings (SSSR count). The Morgan fingerprint density at radius 2 is 1.92 bits per heavy atom. The molecule has 0 aliphatic rings. The Labute approximate surface area is 153 Å². The number of carbonyl (C=O) groups excluding carboxylic acids is 1. The smallest absolute Gasteiger partial charge is 0.336 e. The zero-order valence-electron chi connectivity index (χ0n) is 15.1. The highest BCUT2D eigenvalue weighted by Gasteiger charge is 2.32. The second-order valence-electron chi connectivity index (χ2n) is 6.36. The third kappa shape index (κ3) is 4.80.